The maximum atomic E-state index is 5.89. The second kappa shape index (κ2) is 3.58. The number of fused-ring (bicyclic) bond motifs is 3. The molecule has 3 rings (SSSR count). The topological polar surface area (TPSA) is 25.8 Å². The van der Waals surface area contributed by atoms with E-state index in [-0.39, 0.29) is 0 Å². The number of aromatic nitrogens is 2. The van der Waals surface area contributed by atoms with Crippen LogP contribution in [0.3, 0.4) is 0 Å². The van der Waals surface area contributed by atoms with Gasteiger partial charge in [0.1, 0.15) is 10.3 Å². The highest BCUT2D eigenvalue weighted by Crippen LogP contribution is 2.24. The third-order valence-corrected chi connectivity index (χ3v) is 2.87. The summed E-state index contributed by atoms with van der Waals surface area (Å²) < 4.78 is 0. The molecule has 4 heteroatoms. The third kappa shape index (κ3) is 1.51. The Balaban J connectivity index is 2.55. The average Bonchev–Trinajstić information content (AvgIpc) is 2.29. The Bertz CT molecular complexity index is 634. The number of benzene rings is 1. The maximum absolute atomic E-state index is 5.89. The lowest BCUT2D eigenvalue weighted by atomic mass is 10.1. The molecule has 0 saturated heterocycles. The van der Waals surface area contributed by atoms with Gasteiger partial charge < -0.3 is 0 Å². The van der Waals surface area contributed by atoms with Gasteiger partial charge in [0.2, 0.25) is 0 Å². The van der Waals surface area contributed by atoms with Gasteiger partial charge in [0.25, 0.3) is 0 Å². The molecule has 0 atom stereocenters. The Morgan fingerprint density at radius 1 is 0.625 bits per heavy atom. The van der Waals surface area contributed by atoms with Gasteiger partial charge in [-0.2, -0.15) is 0 Å². The van der Waals surface area contributed by atoms with Crippen molar-refractivity contribution in [2.75, 3.05) is 0 Å². The van der Waals surface area contributed by atoms with E-state index < -0.39 is 0 Å². The molecule has 3 aromatic rings. The lowest BCUT2D eigenvalue weighted by molar-refractivity contribution is 1.37. The molecule has 0 amide bonds. The van der Waals surface area contributed by atoms with Crippen molar-refractivity contribution >= 4 is 45.0 Å². The lowest BCUT2D eigenvalue weighted by Crippen LogP contribution is -1.86. The van der Waals surface area contributed by atoms with Gasteiger partial charge in [-0.15, -0.1) is 0 Å². The number of halogens is 2. The Hall–Kier alpha value is -1.38. The predicted molar refractivity (Wildman–Crippen MR) is 67.1 cm³/mol. The number of hydrogen-bond acceptors (Lipinski definition) is 2. The molecule has 1 aromatic carbocycles. The molecule has 0 unspecified atom stereocenters. The largest absolute Gasteiger partial charge is 0.234 e. The Kier molecular flexibility index (Phi) is 2.20. The first-order valence-electron chi connectivity index (χ1n) is 4.75. The molecule has 78 valence electrons. The van der Waals surface area contributed by atoms with E-state index >= 15 is 0 Å². The van der Waals surface area contributed by atoms with Gasteiger partial charge in [-0.25, -0.2) is 9.97 Å². The fraction of sp³-hybridized carbons (Fsp3) is 0. The molecule has 0 radical (unpaired) electrons. The molecule has 16 heavy (non-hydrogen) atoms. The van der Waals surface area contributed by atoms with Gasteiger partial charge >= 0.3 is 0 Å². The minimum absolute atomic E-state index is 0.460. The smallest absolute Gasteiger partial charge is 0.129 e. The molecule has 0 saturated carbocycles. The summed E-state index contributed by atoms with van der Waals surface area (Å²) in [5.41, 5.74) is 1.57. The fourth-order valence-electron chi connectivity index (χ4n) is 1.72. The molecule has 2 heterocycles. The molecule has 2 nitrogen and oxygen atoms in total. The van der Waals surface area contributed by atoms with Gasteiger partial charge in [-0.3, -0.25) is 0 Å². The second-order valence-electron chi connectivity index (χ2n) is 3.48. The molecule has 0 spiro atoms. The zero-order valence-electron chi connectivity index (χ0n) is 8.11. The SMILES string of the molecule is Clc1ccc2ccc3ccc(Cl)nc3c2n1. The highest BCUT2D eigenvalue weighted by Gasteiger charge is 2.04. The first-order chi connectivity index (χ1) is 7.74. The zero-order chi connectivity index (χ0) is 11.1. The van der Waals surface area contributed by atoms with Gasteiger partial charge in [-0.1, -0.05) is 35.3 Å². The van der Waals surface area contributed by atoms with E-state index in [2.05, 4.69) is 9.97 Å². The summed E-state index contributed by atoms with van der Waals surface area (Å²) in [6, 6.07) is 11.4. The molecule has 0 aliphatic carbocycles. The highest BCUT2D eigenvalue weighted by molar-refractivity contribution is 6.30. The Labute approximate surface area is 102 Å². The quantitative estimate of drug-likeness (QED) is 0.443. The summed E-state index contributed by atoms with van der Waals surface area (Å²) >= 11 is 11.8. The van der Waals surface area contributed by atoms with Crippen LogP contribution >= 0.6 is 23.2 Å². The van der Waals surface area contributed by atoms with Gasteiger partial charge in [0.15, 0.2) is 0 Å². The van der Waals surface area contributed by atoms with Crippen LogP contribution in [0.2, 0.25) is 10.3 Å². The van der Waals surface area contributed by atoms with Gasteiger partial charge in [0, 0.05) is 10.8 Å². The van der Waals surface area contributed by atoms with E-state index in [1.54, 1.807) is 12.1 Å². The number of nitrogens with zero attached hydrogens (tertiary/aromatic N) is 2. The summed E-state index contributed by atoms with van der Waals surface area (Å²) in [6.07, 6.45) is 0. The van der Waals surface area contributed by atoms with Crippen LogP contribution < -0.4 is 0 Å². The summed E-state index contributed by atoms with van der Waals surface area (Å²) in [6.45, 7) is 0. The van der Waals surface area contributed by atoms with Crippen LogP contribution in [0.1, 0.15) is 0 Å². The Morgan fingerprint density at radius 3 is 1.44 bits per heavy atom. The first kappa shape index (κ1) is 9.82. The second-order valence-corrected chi connectivity index (χ2v) is 4.25. The van der Waals surface area contributed by atoms with Crippen molar-refractivity contribution in [1.29, 1.82) is 0 Å². The van der Waals surface area contributed by atoms with Gasteiger partial charge in [0.05, 0.1) is 11.0 Å². The van der Waals surface area contributed by atoms with Crippen LogP contribution in [0.25, 0.3) is 21.8 Å². The molecule has 0 aliphatic rings. The lowest BCUT2D eigenvalue weighted by Gasteiger charge is -2.02. The first-order valence-corrected chi connectivity index (χ1v) is 5.51. The van der Waals surface area contributed by atoms with E-state index in [1.807, 2.05) is 24.3 Å². The van der Waals surface area contributed by atoms with Crippen molar-refractivity contribution < 1.29 is 0 Å². The van der Waals surface area contributed by atoms with Crippen molar-refractivity contribution in [3.8, 4) is 0 Å². The van der Waals surface area contributed by atoms with Crippen LogP contribution in [0.4, 0.5) is 0 Å². The summed E-state index contributed by atoms with van der Waals surface area (Å²) in [5.74, 6) is 0. The molecule has 2 aromatic heterocycles. The fourth-order valence-corrected chi connectivity index (χ4v) is 2.02. The number of rotatable bonds is 0. The van der Waals surface area contributed by atoms with Crippen LogP contribution in [0, 0.1) is 0 Å². The van der Waals surface area contributed by atoms with Crippen molar-refractivity contribution in [3.63, 3.8) is 0 Å². The average molecular weight is 249 g/mol. The minimum Gasteiger partial charge on any atom is -0.234 e. The molecule has 0 bridgehead atoms. The Morgan fingerprint density at radius 2 is 1.00 bits per heavy atom. The number of pyridine rings is 2. The van der Waals surface area contributed by atoms with Crippen molar-refractivity contribution in [1.82, 2.24) is 9.97 Å². The maximum Gasteiger partial charge on any atom is 0.129 e. The van der Waals surface area contributed by atoms with Crippen LogP contribution in [0.5, 0.6) is 0 Å². The molecular formula is C12H6Cl2N2. The predicted octanol–water partition coefficient (Wildman–Crippen LogP) is 4.09. The van der Waals surface area contributed by atoms with Crippen molar-refractivity contribution in [2.45, 2.75) is 0 Å². The van der Waals surface area contributed by atoms with Gasteiger partial charge in [-0.05, 0) is 24.3 Å². The normalized spacial score (nSPS) is 11.1. The van der Waals surface area contributed by atoms with E-state index in [0.29, 0.717) is 10.3 Å². The van der Waals surface area contributed by atoms with Crippen molar-refractivity contribution in [2.24, 2.45) is 0 Å². The van der Waals surface area contributed by atoms with Crippen molar-refractivity contribution in [3.05, 3.63) is 46.7 Å². The highest BCUT2D eigenvalue weighted by atomic mass is 35.5. The summed E-state index contributed by atoms with van der Waals surface area (Å²) in [5, 5.41) is 2.93. The van der Waals surface area contributed by atoms with E-state index in [1.165, 1.54) is 0 Å². The van der Waals surface area contributed by atoms with E-state index in [0.717, 1.165) is 21.8 Å². The monoisotopic (exact) mass is 248 g/mol. The zero-order valence-corrected chi connectivity index (χ0v) is 9.63. The van der Waals surface area contributed by atoms with E-state index in [4.69, 9.17) is 23.2 Å². The molecule has 0 N–H and O–H groups in total. The minimum atomic E-state index is 0.460. The third-order valence-electron chi connectivity index (χ3n) is 2.45. The molecule has 0 aliphatic heterocycles. The summed E-state index contributed by atoms with van der Waals surface area (Å²) in [7, 11) is 0. The summed E-state index contributed by atoms with van der Waals surface area (Å²) in [4.78, 5) is 8.58. The van der Waals surface area contributed by atoms with Crippen LogP contribution in [-0.2, 0) is 0 Å². The van der Waals surface area contributed by atoms with E-state index in [9.17, 15) is 0 Å². The van der Waals surface area contributed by atoms with Crippen LogP contribution in [0.15, 0.2) is 36.4 Å². The standard InChI is InChI=1S/C12H6Cl2N2/c13-9-5-3-7-1-2-8-4-6-10(14)16-12(8)11(7)15-9/h1-6H. The van der Waals surface area contributed by atoms with Crippen LogP contribution in [-0.4, -0.2) is 9.97 Å². The number of hydrogen-bond donors (Lipinski definition) is 0. The molecule has 0 fully saturated rings. The molecular weight excluding hydrogens is 243 g/mol.